The molecule has 0 N–H and O–H groups in total. The minimum absolute atomic E-state index is 0.0511. The maximum absolute atomic E-state index is 14.5. The van der Waals surface area contributed by atoms with Gasteiger partial charge in [0.15, 0.2) is 5.54 Å². The molecule has 0 saturated carbocycles. The third-order valence-corrected chi connectivity index (χ3v) is 5.85. The van der Waals surface area contributed by atoms with Crippen molar-refractivity contribution in [3.63, 3.8) is 0 Å². The first-order valence-corrected chi connectivity index (χ1v) is 9.64. The quantitative estimate of drug-likeness (QED) is 0.782. The van der Waals surface area contributed by atoms with Crippen molar-refractivity contribution in [2.24, 2.45) is 0 Å². The Hall–Kier alpha value is -2.55. The number of aromatic nitrogens is 2. The smallest absolute Gasteiger partial charge is 0.378 e. The van der Waals surface area contributed by atoms with Gasteiger partial charge in [0.2, 0.25) is 5.95 Å². The van der Waals surface area contributed by atoms with Crippen LogP contribution in [0.2, 0.25) is 0 Å². The molecule has 3 heterocycles. The molecule has 2 unspecified atom stereocenters. The summed E-state index contributed by atoms with van der Waals surface area (Å²) in [5, 5.41) is 0. The predicted octanol–water partition coefficient (Wildman–Crippen LogP) is 2.83. The normalized spacial score (nSPS) is 24.7. The van der Waals surface area contributed by atoms with Gasteiger partial charge in [0.1, 0.15) is 5.82 Å². The Balaban J connectivity index is 1.94. The van der Waals surface area contributed by atoms with Crippen LogP contribution in [0.3, 0.4) is 0 Å². The molecule has 4 rings (SSSR count). The van der Waals surface area contributed by atoms with E-state index in [9.17, 15) is 18.0 Å². The number of morpholine rings is 1. The predicted molar refractivity (Wildman–Crippen MR) is 104 cm³/mol. The lowest BCUT2D eigenvalue weighted by Gasteiger charge is -2.40. The molecule has 1 saturated heterocycles. The highest BCUT2D eigenvalue weighted by Crippen LogP contribution is 2.52. The molecule has 9 heteroatoms. The van der Waals surface area contributed by atoms with Crippen LogP contribution in [0.25, 0.3) is 0 Å². The van der Waals surface area contributed by atoms with E-state index in [1.54, 1.807) is 37.3 Å². The van der Waals surface area contributed by atoms with E-state index in [4.69, 9.17) is 4.74 Å². The first-order valence-electron chi connectivity index (χ1n) is 9.64. The van der Waals surface area contributed by atoms with E-state index in [2.05, 4.69) is 4.98 Å². The SMILES string of the molecule is CCN1c2nc(N3CCOCC3)cc(=O)n2C(c2ccccc2)C1(C)C(F)(F)F. The van der Waals surface area contributed by atoms with E-state index in [1.165, 1.54) is 15.5 Å². The van der Waals surface area contributed by atoms with E-state index >= 15 is 0 Å². The van der Waals surface area contributed by atoms with Gasteiger partial charge < -0.3 is 14.5 Å². The molecule has 0 amide bonds. The average Bonchev–Trinajstić information content (AvgIpc) is 2.98. The molecule has 2 aliphatic heterocycles. The molecule has 2 aromatic rings. The van der Waals surface area contributed by atoms with Crippen molar-refractivity contribution in [1.29, 1.82) is 0 Å². The summed E-state index contributed by atoms with van der Waals surface area (Å²) in [6.45, 7) is 4.93. The van der Waals surface area contributed by atoms with Crippen LogP contribution in [0.1, 0.15) is 25.5 Å². The molecule has 0 aliphatic carbocycles. The summed E-state index contributed by atoms with van der Waals surface area (Å²) in [5.74, 6) is 0.441. The number of ether oxygens (including phenoxy) is 1. The second-order valence-electron chi connectivity index (χ2n) is 7.42. The second-order valence-corrected chi connectivity index (χ2v) is 7.42. The van der Waals surface area contributed by atoms with Crippen LogP contribution < -0.4 is 15.4 Å². The lowest BCUT2D eigenvalue weighted by molar-refractivity contribution is -0.186. The Bertz CT molecular complexity index is 941. The van der Waals surface area contributed by atoms with Gasteiger partial charge in [-0.25, -0.2) is 0 Å². The molecule has 1 aromatic heterocycles. The number of likely N-dealkylation sites (N-methyl/N-ethyl adjacent to an activating group) is 1. The number of hydrogen-bond donors (Lipinski definition) is 0. The van der Waals surface area contributed by atoms with Crippen LogP contribution >= 0.6 is 0 Å². The molecule has 0 spiro atoms. The molecule has 1 aromatic carbocycles. The van der Waals surface area contributed by atoms with E-state index in [-0.39, 0.29) is 12.5 Å². The van der Waals surface area contributed by atoms with Gasteiger partial charge in [0.25, 0.3) is 5.56 Å². The molecule has 29 heavy (non-hydrogen) atoms. The number of rotatable bonds is 3. The van der Waals surface area contributed by atoms with Crippen molar-refractivity contribution >= 4 is 11.8 Å². The average molecular weight is 408 g/mol. The Kier molecular flexibility index (Phi) is 4.80. The van der Waals surface area contributed by atoms with Crippen molar-refractivity contribution in [2.75, 3.05) is 42.6 Å². The Labute approximate surface area is 166 Å². The molecule has 2 aliphatic rings. The maximum Gasteiger partial charge on any atom is 0.413 e. The molecule has 0 bridgehead atoms. The van der Waals surface area contributed by atoms with Crippen LogP contribution in [-0.4, -0.2) is 54.1 Å². The number of anilines is 2. The van der Waals surface area contributed by atoms with Gasteiger partial charge in [-0.15, -0.1) is 0 Å². The van der Waals surface area contributed by atoms with Crippen LogP contribution in [0, 0.1) is 0 Å². The maximum atomic E-state index is 14.5. The number of benzene rings is 1. The number of nitrogens with zero attached hydrogens (tertiary/aromatic N) is 4. The summed E-state index contributed by atoms with van der Waals surface area (Å²) >= 11 is 0. The highest BCUT2D eigenvalue weighted by atomic mass is 19.4. The van der Waals surface area contributed by atoms with Gasteiger partial charge in [-0.3, -0.25) is 9.36 Å². The topological polar surface area (TPSA) is 50.6 Å². The summed E-state index contributed by atoms with van der Waals surface area (Å²) in [7, 11) is 0. The molecular formula is C20H23F3N4O2. The van der Waals surface area contributed by atoms with E-state index in [0.29, 0.717) is 37.7 Å². The summed E-state index contributed by atoms with van der Waals surface area (Å²) in [4.78, 5) is 20.7. The van der Waals surface area contributed by atoms with Gasteiger partial charge in [0.05, 0.1) is 19.3 Å². The largest absolute Gasteiger partial charge is 0.413 e. The Morgan fingerprint density at radius 1 is 1.21 bits per heavy atom. The lowest BCUT2D eigenvalue weighted by atomic mass is 9.86. The summed E-state index contributed by atoms with van der Waals surface area (Å²) in [6.07, 6.45) is -4.58. The molecule has 1 fully saturated rings. The van der Waals surface area contributed by atoms with Crippen LogP contribution in [-0.2, 0) is 4.74 Å². The zero-order chi connectivity index (χ0) is 20.8. The fraction of sp³-hybridized carbons (Fsp3) is 0.500. The highest BCUT2D eigenvalue weighted by Gasteiger charge is 2.65. The van der Waals surface area contributed by atoms with Gasteiger partial charge in [-0.05, 0) is 19.4 Å². The monoisotopic (exact) mass is 408 g/mol. The van der Waals surface area contributed by atoms with Crippen LogP contribution in [0.5, 0.6) is 0 Å². The number of fused-ring (bicyclic) bond motifs is 1. The van der Waals surface area contributed by atoms with Crippen molar-refractivity contribution in [2.45, 2.75) is 31.6 Å². The van der Waals surface area contributed by atoms with E-state index < -0.39 is 23.3 Å². The molecule has 2 atom stereocenters. The zero-order valence-electron chi connectivity index (χ0n) is 16.3. The van der Waals surface area contributed by atoms with Gasteiger partial charge in [-0.2, -0.15) is 18.2 Å². The van der Waals surface area contributed by atoms with Gasteiger partial charge in [-0.1, -0.05) is 30.3 Å². The fourth-order valence-electron chi connectivity index (χ4n) is 4.35. The first kappa shape index (κ1) is 19.8. The number of alkyl halides is 3. The molecular weight excluding hydrogens is 385 g/mol. The number of halogens is 3. The van der Waals surface area contributed by atoms with Gasteiger partial charge >= 0.3 is 6.18 Å². The van der Waals surface area contributed by atoms with E-state index in [1.807, 2.05) is 4.90 Å². The van der Waals surface area contributed by atoms with Crippen LogP contribution in [0.15, 0.2) is 41.2 Å². The molecule has 156 valence electrons. The van der Waals surface area contributed by atoms with Crippen molar-refractivity contribution in [3.05, 3.63) is 52.3 Å². The Morgan fingerprint density at radius 2 is 1.86 bits per heavy atom. The summed E-state index contributed by atoms with van der Waals surface area (Å²) < 4.78 is 49.9. The fourth-order valence-corrected chi connectivity index (χ4v) is 4.35. The first-order chi connectivity index (χ1) is 13.8. The second kappa shape index (κ2) is 7.05. The summed E-state index contributed by atoms with van der Waals surface area (Å²) in [6, 6.07) is 8.46. The third-order valence-electron chi connectivity index (χ3n) is 5.85. The minimum Gasteiger partial charge on any atom is -0.378 e. The van der Waals surface area contributed by atoms with Crippen molar-refractivity contribution in [1.82, 2.24) is 9.55 Å². The number of hydrogen-bond acceptors (Lipinski definition) is 5. The van der Waals surface area contributed by atoms with Crippen molar-refractivity contribution < 1.29 is 17.9 Å². The van der Waals surface area contributed by atoms with E-state index in [0.717, 1.165) is 6.92 Å². The highest BCUT2D eigenvalue weighted by molar-refractivity contribution is 5.53. The third kappa shape index (κ3) is 2.99. The minimum atomic E-state index is -4.58. The molecule has 0 radical (unpaired) electrons. The standard InChI is InChI=1S/C20H23F3N4O2/c1-3-26-18-24-15(25-9-11-29-12-10-25)13-16(28)27(18)17(14-7-5-4-6-8-14)19(26,2)20(21,22)23/h4-8,13,17H,3,9-12H2,1-2H3. The Morgan fingerprint density at radius 3 is 2.45 bits per heavy atom. The summed E-state index contributed by atoms with van der Waals surface area (Å²) in [5.41, 5.74) is -2.37. The lowest BCUT2D eigenvalue weighted by Crippen LogP contribution is -2.58. The van der Waals surface area contributed by atoms with Gasteiger partial charge in [0, 0.05) is 25.7 Å². The zero-order valence-corrected chi connectivity index (χ0v) is 16.3. The van der Waals surface area contributed by atoms with Crippen LogP contribution in [0.4, 0.5) is 24.9 Å². The molecule has 6 nitrogen and oxygen atoms in total. The van der Waals surface area contributed by atoms with Crippen molar-refractivity contribution in [3.8, 4) is 0 Å².